The average Bonchev–Trinajstić information content (AvgIpc) is 2.68. The molecule has 0 aromatic carbocycles. The zero-order chi connectivity index (χ0) is 13.0. The molecule has 0 radical (unpaired) electrons. The summed E-state index contributed by atoms with van der Waals surface area (Å²) in [4.78, 5) is 17.0. The van der Waals surface area contributed by atoms with Crippen LogP contribution in [0.5, 0.6) is 0 Å². The van der Waals surface area contributed by atoms with Gasteiger partial charge in [-0.3, -0.25) is 9.69 Å². The molecule has 4 heteroatoms. The first-order valence-electron chi connectivity index (χ1n) is 6.73. The van der Waals surface area contributed by atoms with Crippen molar-refractivity contribution in [3.05, 3.63) is 24.0 Å². The molecule has 1 saturated heterocycles. The molecule has 0 amide bonds. The van der Waals surface area contributed by atoms with Crippen molar-refractivity contribution in [2.24, 2.45) is 0 Å². The van der Waals surface area contributed by atoms with E-state index >= 15 is 0 Å². The fourth-order valence-corrected chi connectivity index (χ4v) is 2.74. The molecule has 2 rings (SSSR count). The minimum atomic E-state index is -0.796. The molecule has 1 atom stereocenters. The lowest BCUT2D eigenvalue weighted by molar-refractivity contribution is -0.150. The van der Waals surface area contributed by atoms with Gasteiger partial charge in [0.25, 0.3) is 0 Å². The molecule has 1 aromatic heterocycles. The van der Waals surface area contributed by atoms with Crippen LogP contribution in [-0.2, 0) is 11.2 Å². The SMILES string of the molecule is CC(Cc1ccc[nH]1)(C(=O)O)N1CCCCCC1. The maximum Gasteiger partial charge on any atom is 0.324 e. The molecular formula is C14H22N2O2. The van der Waals surface area contributed by atoms with Gasteiger partial charge >= 0.3 is 5.97 Å². The van der Waals surface area contributed by atoms with Gasteiger partial charge in [0.15, 0.2) is 0 Å². The van der Waals surface area contributed by atoms with Crippen molar-refractivity contribution >= 4 is 5.97 Å². The summed E-state index contributed by atoms with van der Waals surface area (Å²) in [5.74, 6) is -0.723. The molecular weight excluding hydrogens is 228 g/mol. The number of H-pyrrole nitrogens is 1. The maximum absolute atomic E-state index is 11.7. The van der Waals surface area contributed by atoms with Crippen molar-refractivity contribution in [2.45, 2.75) is 44.6 Å². The van der Waals surface area contributed by atoms with Crippen LogP contribution in [0.2, 0.25) is 0 Å². The number of carboxylic acid groups (broad SMARTS) is 1. The lowest BCUT2D eigenvalue weighted by atomic mass is 9.93. The molecule has 100 valence electrons. The number of aliphatic carboxylic acids is 1. The Bertz CT molecular complexity index is 381. The molecule has 2 N–H and O–H groups in total. The molecule has 0 bridgehead atoms. The molecule has 4 nitrogen and oxygen atoms in total. The van der Waals surface area contributed by atoms with E-state index in [9.17, 15) is 9.90 Å². The summed E-state index contributed by atoms with van der Waals surface area (Å²) in [5, 5.41) is 9.62. The first kappa shape index (κ1) is 13.1. The summed E-state index contributed by atoms with van der Waals surface area (Å²) in [5.41, 5.74) is 0.194. The topological polar surface area (TPSA) is 56.3 Å². The molecule has 0 spiro atoms. The summed E-state index contributed by atoms with van der Waals surface area (Å²) in [7, 11) is 0. The average molecular weight is 250 g/mol. The van der Waals surface area contributed by atoms with Crippen molar-refractivity contribution in [2.75, 3.05) is 13.1 Å². The van der Waals surface area contributed by atoms with Crippen molar-refractivity contribution in [3.8, 4) is 0 Å². The Labute approximate surface area is 108 Å². The minimum absolute atomic E-state index is 0.537. The van der Waals surface area contributed by atoms with Gasteiger partial charge in [0.1, 0.15) is 5.54 Å². The highest BCUT2D eigenvalue weighted by atomic mass is 16.4. The molecule has 1 unspecified atom stereocenters. The van der Waals surface area contributed by atoms with Crippen LogP contribution < -0.4 is 0 Å². The van der Waals surface area contributed by atoms with Crippen molar-refractivity contribution < 1.29 is 9.90 Å². The van der Waals surface area contributed by atoms with Gasteiger partial charge in [-0.25, -0.2) is 0 Å². The molecule has 1 aromatic rings. The number of nitrogens with zero attached hydrogens (tertiary/aromatic N) is 1. The van der Waals surface area contributed by atoms with Crippen LogP contribution in [0, 0.1) is 0 Å². The number of hydrogen-bond donors (Lipinski definition) is 2. The zero-order valence-corrected chi connectivity index (χ0v) is 11.0. The van der Waals surface area contributed by atoms with Gasteiger partial charge in [-0.2, -0.15) is 0 Å². The summed E-state index contributed by atoms with van der Waals surface area (Å²) in [6.45, 7) is 3.63. The highest BCUT2D eigenvalue weighted by Gasteiger charge is 2.39. The van der Waals surface area contributed by atoms with Crippen LogP contribution >= 0.6 is 0 Å². The Morgan fingerprint density at radius 2 is 2.06 bits per heavy atom. The van der Waals surface area contributed by atoms with Gasteiger partial charge < -0.3 is 10.1 Å². The Hall–Kier alpha value is -1.29. The standard InChI is InChI=1S/C14H22N2O2/c1-14(13(17)18,11-12-7-6-8-15-12)16-9-4-2-3-5-10-16/h6-8,15H,2-5,9-11H2,1H3,(H,17,18). The van der Waals surface area contributed by atoms with E-state index in [1.54, 1.807) is 0 Å². The molecule has 1 aliphatic heterocycles. The van der Waals surface area contributed by atoms with Crippen LogP contribution in [0.15, 0.2) is 18.3 Å². The van der Waals surface area contributed by atoms with Gasteiger partial charge in [-0.1, -0.05) is 12.8 Å². The predicted octanol–water partition coefficient (Wildman–Crippen LogP) is 2.28. The summed E-state index contributed by atoms with van der Waals surface area (Å²) in [6, 6.07) is 3.87. The lowest BCUT2D eigenvalue weighted by Crippen LogP contribution is -2.54. The van der Waals surface area contributed by atoms with E-state index in [4.69, 9.17) is 0 Å². The molecule has 0 aliphatic carbocycles. The first-order chi connectivity index (χ1) is 8.63. The third-order valence-corrected chi connectivity index (χ3v) is 3.96. The maximum atomic E-state index is 11.7. The molecule has 1 aliphatic rings. The fraction of sp³-hybridized carbons (Fsp3) is 0.643. The number of aromatic nitrogens is 1. The Kier molecular flexibility index (Phi) is 4.07. The number of rotatable bonds is 4. The van der Waals surface area contributed by atoms with Crippen molar-refractivity contribution in [1.82, 2.24) is 9.88 Å². The summed E-state index contributed by atoms with van der Waals surface area (Å²) in [6.07, 6.45) is 7.03. The van der Waals surface area contributed by atoms with E-state index in [0.717, 1.165) is 31.6 Å². The fourth-order valence-electron chi connectivity index (χ4n) is 2.74. The quantitative estimate of drug-likeness (QED) is 0.862. The van der Waals surface area contributed by atoms with Crippen molar-refractivity contribution in [3.63, 3.8) is 0 Å². The van der Waals surface area contributed by atoms with Crippen LogP contribution in [0.3, 0.4) is 0 Å². The number of likely N-dealkylation sites (tertiary alicyclic amines) is 1. The molecule has 0 saturated carbocycles. The van der Waals surface area contributed by atoms with Crippen LogP contribution in [-0.4, -0.2) is 39.6 Å². The largest absolute Gasteiger partial charge is 0.480 e. The highest BCUT2D eigenvalue weighted by molar-refractivity contribution is 5.78. The first-order valence-corrected chi connectivity index (χ1v) is 6.73. The number of nitrogens with one attached hydrogen (secondary N) is 1. The van der Waals surface area contributed by atoms with Crippen LogP contribution in [0.1, 0.15) is 38.3 Å². The molecule has 18 heavy (non-hydrogen) atoms. The van der Waals surface area contributed by atoms with E-state index in [0.29, 0.717) is 6.42 Å². The second-order valence-electron chi connectivity index (χ2n) is 5.35. The van der Waals surface area contributed by atoms with Gasteiger partial charge in [-0.05, 0) is 45.0 Å². The van der Waals surface area contributed by atoms with Crippen LogP contribution in [0.25, 0.3) is 0 Å². The van der Waals surface area contributed by atoms with Gasteiger partial charge in [0.2, 0.25) is 0 Å². The minimum Gasteiger partial charge on any atom is -0.480 e. The number of carbonyl (C=O) groups is 1. The Morgan fingerprint density at radius 3 is 2.56 bits per heavy atom. The van der Waals surface area contributed by atoms with E-state index < -0.39 is 11.5 Å². The smallest absolute Gasteiger partial charge is 0.324 e. The zero-order valence-electron chi connectivity index (χ0n) is 11.0. The van der Waals surface area contributed by atoms with E-state index in [-0.39, 0.29) is 0 Å². The summed E-state index contributed by atoms with van der Waals surface area (Å²) < 4.78 is 0. The normalized spacial score (nSPS) is 21.2. The van der Waals surface area contributed by atoms with Crippen molar-refractivity contribution in [1.29, 1.82) is 0 Å². The molecule has 2 heterocycles. The Morgan fingerprint density at radius 1 is 1.39 bits per heavy atom. The second-order valence-corrected chi connectivity index (χ2v) is 5.35. The second kappa shape index (κ2) is 5.57. The van der Waals surface area contributed by atoms with Gasteiger partial charge in [-0.15, -0.1) is 0 Å². The monoisotopic (exact) mass is 250 g/mol. The number of carboxylic acids is 1. The van der Waals surface area contributed by atoms with E-state index in [1.807, 2.05) is 25.3 Å². The Balaban J connectivity index is 2.16. The van der Waals surface area contributed by atoms with E-state index in [2.05, 4.69) is 9.88 Å². The number of aromatic amines is 1. The molecule has 1 fully saturated rings. The summed E-state index contributed by atoms with van der Waals surface area (Å²) >= 11 is 0. The third kappa shape index (κ3) is 2.75. The number of hydrogen-bond acceptors (Lipinski definition) is 2. The third-order valence-electron chi connectivity index (χ3n) is 3.96. The lowest BCUT2D eigenvalue weighted by Gasteiger charge is -2.37. The predicted molar refractivity (Wildman–Crippen MR) is 70.6 cm³/mol. The van der Waals surface area contributed by atoms with Gasteiger partial charge in [0.05, 0.1) is 0 Å². The van der Waals surface area contributed by atoms with E-state index in [1.165, 1.54) is 12.8 Å². The van der Waals surface area contributed by atoms with Gasteiger partial charge in [0, 0.05) is 18.3 Å². The highest BCUT2D eigenvalue weighted by Crippen LogP contribution is 2.24. The van der Waals surface area contributed by atoms with Crippen LogP contribution in [0.4, 0.5) is 0 Å².